The standard InChI is InChI=1S/C16H22FNO2/c1-16(2,11-15(19)20)12-6-7-14(13(17)10-12)18-8-4-3-5-9-18/h6-7,10H,3-5,8-9,11H2,1-2H3,(H,19,20). The largest absolute Gasteiger partial charge is 0.481 e. The minimum atomic E-state index is -0.865. The highest BCUT2D eigenvalue weighted by atomic mass is 19.1. The van der Waals surface area contributed by atoms with Gasteiger partial charge in [-0.15, -0.1) is 0 Å². The van der Waals surface area contributed by atoms with Crippen molar-refractivity contribution in [3.8, 4) is 0 Å². The molecule has 1 aliphatic heterocycles. The van der Waals surface area contributed by atoms with Crippen molar-refractivity contribution in [1.82, 2.24) is 0 Å². The maximum atomic E-state index is 14.3. The second kappa shape index (κ2) is 5.81. The number of anilines is 1. The first kappa shape index (κ1) is 14.8. The van der Waals surface area contributed by atoms with Crippen LogP contribution in [0.3, 0.4) is 0 Å². The molecule has 0 atom stereocenters. The fraction of sp³-hybridized carbons (Fsp3) is 0.562. The van der Waals surface area contributed by atoms with E-state index in [0.717, 1.165) is 31.5 Å². The molecule has 0 unspecified atom stereocenters. The molecule has 0 bridgehead atoms. The summed E-state index contributed by atoms with van der Waals surface area (Å²) in [5.74, 6) is -1.11. The third-order valence-electron chi connectivity index (χ3n) is 4.02. The van der Waals surface area contributed by atoms with Crippen molar-refractivity contribution in [3.05, 3.63) is 29.6 Å². The second-order valence-corrected chi connectivity index (χ2v) is 6.17. The zero-order valence-corrected chi connectivity index (χ0v) is 12.2. The molecule has 1 aromatic carbocycles. The van der Waals surface area contributed by atoms with Crippen LogP contribution in [0.4, 0.5) is 10.1 Å². The van der Waals surface area contributed by atoms with Crippen LogP contribution in [0.25, 0.3) is 0 Å². The van der Waals surface area contributed by atoms with Crippen LogP contribution in [-0.2, 0) is 10.2 Å². The minimum absolute atomic E-state index is 0.00446. The lowest BCUT2D eigenvalue weighted by Crippen LogP contribution is -2.30. The summed E-state index contributed by atoms with van der Waals surface area (Å²) in [7, 11) is 0. The van der Waals surface area contributed by atoms with E-state index in [2.05, 4.69) is 4.90 Å². The van der Waals surface area contributed by atoms with Gasteiger partial charge >= 0.3 is 5.97 Å². The summed E-state index contributed by atoms with van der Waals surface area (Å²) in [6.45, 7) is 5.45. The number of halogens is 1. The van der Waals surface area contributed by atoms with Gasteiger partial charge in [0.1, 0.15) is 5.82 Å². The Kier molecular flexibility index (Phi) is 4.31. The Hall–Kier alpha value is -1.58. The van der Waals surface area contributed by atoms with Crippen LogP contribution in [0.15, 0.2) is 18.2 Å². The first-order chi connectivity index (χ1) is 9.40. The number of carbonyl (C=O) groups is 1. The van der Waals surface area contributed by atoms with Crippen LogP contribution in [0, 0.1) is 5.82 Å². The van der Waals surface area contributed by atoms with Gasteiger partial charge in [-0.05, 0) is 37.0 Å². The molecular formula is C16H22FNO2. The van der Waals surface area contributed by atoms with E-state index in [1.807, 2.05) is 19.9 Å². The lowest BCUT2D eigenvalue weighted by molar-refractivity contribution is -0.138. The summed E-state index contributed by atoms with van der Waals surface area (Å²) in [6.07, 6.45) is 3.41. The summed E-state index contributed by atoms with van der Waals surface area (Å²) >= 11 is 0. The fourth-order valence-electron chi connectivity index (χ4n) is 2.80. The van der Waals surface area contributed by atoms with Crippen molar-refractivity contribution < 1.29 is 14.3 Å². The van der Waals surface area contributed by atoms with E-state index in [9.17, 15) is 9.18 Å². The maximum absolute atomic E-state index is 14.3. The summed E-state index contributed by atoms with van der Waals surface area (Å²) < 4.78 is 14.3. The summed E-state index contributed by atoms with van der Waals surface area (Å²) in [6, 6.07) is 5.14. The van der Waals surface area contributed by atoms with Gasteiger partial charge in [-0.1, -0.05) is 19.9 Å². The van der Waals surface area contributed by atoms with E-state index in [1.54, 1.807) is 6.07 Å². The number of benzene rings is 1. The molecule has 1 saturated heterocycles. The third-order valence-corrected chi connectivity index (χ3v) is 4.02. The summed E-state index contributed by atoms with van der Waals surface area (Å²) in [5, 5.41) is 8.94. The van der Waals surface area contributed by atoms with E-state index in [0.29, 0.717) is 5.69 Å². The number of carboxylic acids is 1. The number of rotatable bonds is 4. The molecule has 20 heavy (non-hydrogen) atoms. The van der Waals surface area contributed by atoms with Crippen molar-refractivity contribution >= 4 is 11.7 Å². The van der Waals surface area contributed by atoms with Crippen LogP contribution >= 0.6 is 0 Å². The second-order valence-electron chi connectivity index (χ2n) is 6.17. The molecule has 1 fully saturated rings. The van der Waals surface area contributed by atoms with E-state index >= 15 is 0 Å². The van der Waals surface area contributed by atoms with Gasteiger partial charge in [0.05, 0.1) is 12.1 Å². The van der Waals surface area contributed by atoms with Crippen molar-refractivity contribution in [3.63, 3.8) is 0 Å². The van der Waals surface area contributed by atoms with Crippen molar-refractivity contribution in [1.29, 1.82) is 0 Å². The predicted octanol–water partition coefficient (Wildman–Crippen LogP) is 3.57. The number of nitrogens with zero attached hydrogens (tertiary/aromatic N) is 1. The average molecular weight is 279 g/mol. The van der Waals surface area contributed by atoms with Gasteiger partial charge in [-0.2, -0.15) is 0 Å². The molecule has 1 aromatic rings. The summed E-state index contributed by atoms with van der Waals surface area (Å²) in [4.78, 5) is 13.0. The van der Waals surface area contributed by atoms with Gasteiger partial charge in [0, 0.05) is 18.5 Å². The van der Waals surface area contributed by atoms with Crippen LogP contribution in [0.2, 0.25) is 0 Å². The van der Waals surface area contributed by atoms with Gasteiger partial charge in [-0.25, -0.2) is 4.39 Å². The van der Waals surface area contributed by atoms with E-state index in [4.69, 9.17) is 5.11 Å². The van der Waals surface area contributed by atoms with Gasteiger partial charge < -0.3 is 10.0 Å². The number of piperidine rings is 1. The Bertz CT molecular complexity index is 493. The number of carboxylic acid groups (broad SMARTS) is 1. The quantitative estimate of drug-likeness (QED) is 0.916. The van der Waals surface area contributed by atoms with Crippen molar-refractivity contribution in [2.24, 2.45) is 0 Å². The molecule has 2 rings (SSSR count). The van der Waals surface area contributed by atoms with Gasteiger partial charge in [0.15, 0.2) is 0 Å². The van der Waals surface area contributed by atoms with Crippen molar-refractivity contribution in [2.45, 2.75) is 44.9 Å². The number of aliphatic carboxylic acids is 1. The molecule has 4 heteroatoms. The van der Waals surface area contributed by atoms with Crippen LogP contribution in [0.1, 0.15) is 45.1 Å². The molecule has 0 amide bonds. The Morgan fingerprint density at radius 3 is 2.50 bits per heavy atom. The smallest absolute Gasteiger partial charge is 0.304 e. The Labute approximate surface area is 119 Å². The molecule has 1 aliphatic rings. The Balaban J connectivity index is 2.22. The van der Waals surface area contributed by atoms with Crippen LogP contribution in [0.5, 0.6) is 0 Å². The number of hydrogen-bond acceptors (Lipinski definition) is 2. The first-order valence-corrected chi connectivity index (χ1v) is 7.17. The van der Waals surface area contributed by atoms with Gasteiger partial charge in [0.2, 0.25) is 0 Å². The molecule has 1 heterocycles. The molecule has 110 valence electrons. The molecule has 0 aromatic heterocycles. The molecule has 1 N–H and O–H groups in total. The zero-order chi connectivity index (χ0) is 14.8. The van der Waals surface area contributed by atoms with E-state index in [-0.39, 0.29) is 12.2 Å². The molecule has 0 saturated carbocycles. The topological polar surface area (TPSA) is 40.5 Å². The maximum Gasteiger partial charge on any atom is 0.304 e. The molecule has 0 radical (unpaired) electrons. The third kappa shape index (κ3) is 3.30. The van der Waals surface area contributed by atoms with Gasteiger partial charge in [-0.3, -0.25) is 4.79 Å². The highest BCUT2D eigenvalue weighted by molar-refractivity contribution is 5.69. The minimum Gasteiger partial charge on any atom is -0.481 e. The lowest BCUT2D eigenvalue weighted by Gasteiger charge is -2.30. The fourth-order valence-corrected chi connectivity index (χ4v) is 2.80. The molecular weight excluding hydrogens is 257 g/mol. The van der Waals surface area contributed by atoms with Crippen molar-refractivity contribution in [2.75, 3.05) is 18.0 Å². The van der Waals surface area contributed by atoms with E-state index < -0.39 is 11.4 Å². The van der Waals surface area contributed by atoms with E-state index in [1.165, 1.54) is 12.5 Å². The SMILES string of the molecule is CC(C)(CC(=O)O)c1ccc(N2CCCCC2)c(F)c1. The lowest BCUT2D eigenvalue weighted by atomic mass is 9.81. The summed E-state index contributed by atoms with van der Waals surface area (Å²) in [5.41, 5.74) is 0.811. The molecule has 0 spiro atoms. The average Bonchev–Trinajstić information content (AvgIpc) is 2.38. The van der Waals surface area contributed by atoms with Crippen LogP contribution in [-0.4, -0.2) is 24.2 Å². The highest BCUT2D eigenvalue weighted by Crippen LogP contribution is 2.31. The Morgan fingerprint density at radius 2 is 1.95 bits per heavy atom. The zero-order valence-electron chi connectivity index (χ0n) is 12.2. The van der Waals surface area contributed by atoms with Crippen LogP contribution < -0.4 is 4.90 Å². The monoisotopic (exact) mass is 279 g/mol. The molecule has 3 nitrogen and oxygen atoms in total. The molecule has 0 aliphatic carbocycles. The highest BCUT2D eigenvalue weighted by Gasteiger charge is 2.25. The Morgan fingerprint density at radius 1 is 1.30 bits per heavy atom. The first-order valence-electron chi connectivity index (χ1n) is 7.17. The van der Waals surface area contributed by atoms with Gasteiger partial charge in [0.25, 0.3) is 0 Å². The number of hydrogen-bond donors (Lipinski definition) is 1. The predicted molar refractivity (Wildman–Crippen MR) is 77.7 cm³/mol. The normalized spacial score (nSPS) is 16.2.